The summed E-state index contributed by atoms with van der Waals surface area (Å²) in [6.45, 7) is 0.900. The Morgan fingerprint density at radius 2 is 1.53 bits per heavy atom. The summed E-state index contributed by atoms with van der Waals surface area (Å²) in [5, 5.41) is 10.6. The summed E-state index contributed by atoms with van der Waals surface area (Å²) in [5.41, 5.74) is -4.85. The minimum Gasteiger partial charge on any atom is -0.445 e. The molecule has 0 aliphatic carbocycles. The summed E-state index contributed by atoms with van der Waals surface area (Å²) in [6.07, 6.45) is -10.4. The number of halogens is 6. The first-order valence-electron chi connectivity index (χ1n) is 15.9. The first-order valence-corrected chi connectivity index (χ1v) is 15.9. The molecular weight excluding hydrogens is 652 g/mol. The van der Waals surface area contributed by atoms with Crippen LogP contribution in [0.2, 0.25) is 0 Å². The number of alkyl halides is 6. The standard InChI is InChI=1S/C36H35F6N3O4/c1-25(27-18-29(35(37,38)39)20-30(19-27)36(40,41)42)49-24-34(28-12-6-3-7-13-28)16-15-33(22-43,44-17-9-8-14-31(44)46)23-45(34)32(47)48-21-26-10-4-2-5-11-26/h2-7,10-13,18-20,25H,8-9,14-17,21,23-24H2,1H3/t25-,33?,34-/m1/s1. The third-order valence-corrected chi connectivity index (χ3v) is 9.32. The molecule has 2 heterocycles. The molecule has 2 fully saturated rings. The molecule has 2 saturated heterocycles. The lowest BCUT2D eigenvalue weighted by molar-refractivity contribution is -0.144. The molecule has 0 N–H and O–H groups in total. The first kappa shape index (κ1) is 35.7. The highest BCUT2D eigenvalue weighted by Crippen LogP contribution is 2.46. The van der Waals surface area contributed by atoms with Crippen LogP contribution in [0.15, 0.2) is 78.9 Å². The average Bonchev–Trinajstić information content (AvgIpc) is 3.09. The van der Waals surface area contributed by atoms with Crippen molar-refractivity contribution in [3.05, 3.63) is 107 Å². The zero-order valence-electron chi connectivity index (χ0n) is 26.7. The van der Waals surface area contributed by atoms with Crippen molar-refractivity contribution in [3.63, 3.8) is 0 Å². The van der Waals surface area contributed by atoms with Crippen LogP contribution in [0.3, 0.4) is 0 Å². The molecular formula is C36H35F6N3O4. The number of nitrogens with zero attached hydrogens (tertiary/aromatic N) is 3. The third kappa shape index (κ3) is 7.69. The molecule has 0 radical (unpaired) electrons. The zero-order chi connectivity index (χ0) is 35.5. The van der Waals surface area contributed by atoms with Crippen molar-refractivity contribution < 1.29 is 45.4 Å². The van der Waals surface area contributed by atoms with E-state index in [1.54, 1.807) is 60.7 Å². The molecule has 2 aliphatic heterocycles. The van der Waals surface area contributed by atoms with E-state index in [9.17, 15) is 41.2 Å². The van der Waals surface area contributed by atoms with Gasteiger partial charge in [0.2, 0.25) is 5.91 Å². The van der Waals surface area contributed by atoms with Crippen LogP contribution in [-0.4, -0.2) is 47.0 Å². The van der Waals surface area contributed by atoms with Crippen LogP contribution in [0.5, 0.6) is 0 Å². The van der Waals surface area contributed by atoms with E-state index in [1.807, 2.05) is 0 Å². The van der Waals surface area contributed by atoms with Gasteiger partial charge in [-0.1, -0.05) is 60.7 Å². The number of piperidine rings is 2. The van der Waals surface area contributed by atoms with E-state index in [2.05, 4.69) is 6.07 Å². The van der Waals surface area contributed by atoms with E-state index in [-0.39, 0.29) is 56.6 Å². The number of carbonyl (C=O) groups excluding carboxylic acids is 2. The number of amides is 2. The van der Waals surface area contributed by atoms with Crippen molar-refractivity contribution in [1.29, 1.82) is 5.26 Å². The molecule has 3 aromatic carbocycles. The Kier molecular flexibility index (Phi) is 10.3. The van der Waals surface area contributed by atoms with Crippen molar-refractivity contribution in [2.75, 3.05) is 19.7 Å². The quantitative estimate of drug-likeness (QED) is 0.222. The Morgan fingerprint density at radius 1 is 0.918 bits per heavy atom. The van der Waals surface area contributed by atoms with Crippen LogP contribution in [0.4, 0.5) is 31.1 Å². The summed E-state index contributed by atoms with van der Waals surface area (Å²) in [4.78, 5) is 30.1. The molecule has 13 heteroatoms. The molecule has 2 amide bonds. The van der Waals surface area contributed by atoms with E-state index in [1.165, 1.54) is 16.7 Å². The van der Waals surface area contributed by atoms with Gasteiger partial charge in [0.15, 0.2) is 0 Å². The number of rotatable bonds is 8. The Hall–Kier alpha value is -4.57. The maximum Gasteiger partial charge on any atom is 0.416 e. The van der Waals surface area contributed by atoms with Crippen molar-refractivity contribution in [2.24, 2.45) is 0 Å². The van der Waals surface area contributed by atoms with Crippen LogP contribution < -0.4 is 0 Å². The topological polar surface area (TPSA) is 82.9 Å². The number of nitriles is 1. The lowest BCUT2D eigenvalue weighted by Crippen LogP contribution is -2.67. The Morgan fingerprint density at radius 3 is 2.10 bits per heavy atom. The molecule has 0 spiro atoms. The first-order chi connectivity index (χ1) is 23.2. The van der Waals surface area contributed by atoms with Gasteiger partial charge in [0.25, 0.3) is 0 Å². The maximum atomic E-state index is 14.1. The van der Waals surface area contributed by atoms with E-state index < -0.39 is 46.8 Å². The van der Waals surface area contributed by atoms with Crippen LogP contribution in [0.1, 0.15) is 72.9 Å². The van der Waals surface area contributed by atoms with Gasteiger partial charge in [-0.2, -0.15) is 31.6 Å². The van der Waals surface area contributed by atoms with E-state index >= 15 is 0 Å². The van der Waals surface area contributed by atoms with Crippen molar-refractivity contribution in [1.82, 2.24) is 9.80 Å². The van der Waals surface area contributed by atoms with Gasteiger partial charge >= 0.3 is 18.4 Å². The highest BCUT2D eigenvalue weighted by molar-refractivity contribution is 5.79. The SMILES string of the molecule is C[C@@H](OC[C@@]1(c2ccccc2)CCC(C#N)(N2CCCCC2=O)CN1C(=O)OCc1ccccc1)c1cc(C(F)(F)F)cc(C(F)(F)F)c1. The molecule has 1 unspecified atom stereocenters. The fraction of sp³-hybridized carbons (Fsp3) is 0.417. The molecule has 7 nitrogen and oxygen atoms in total. The predicted molar refractivity (Wildman–Crippen MR) is 165 cm³/mol. The highest BCUT2D eigenvalue weighted by atomic mass is 19.4. The predicted octanol–water partition coefficient (Wildman–Crippen LogP) is 8.40. The second-order valence-corrected chi connectivity index (χ2v) is 12.5. The highest BCUT2D eigenvalue weighted by Gasteiger charge is 2.55. The van der Waals surface area contributed by atoms with Gasteiger partial charge in [0.1, 0.15) is 12.1 Å². The molecule has 3 aromatic rings. The summed E-state index contributed by atoms with van der Waals surface area (Å²) >= 11 is 0. The van der Waals surface area contributed by atoms with Crippen molar-refractivity contribution >= 4 is 12.0 Å². The maximum absolute atomic E-state index is 14.1. The second kappa shape index (κ2) is 14.1. The molecule has 260 valence electrons. The van der Waals surface area contributed by atoms with E-state index in [0.29, 0.717) is 42.6 Å². The Labute approximate surface area is 280 Å². The molecule has 0 aromatic heterocycles. The largest absolute Gasteiger partial charge is 0.445 e. The minimum atomic E-state index is -5.05. The second-order valence-electron chi connectivity index (χ2n) is 12.5. The van der Waals surface area contributed by atoms with Gasteiger partial charge in [-0.05, 0) is 67.5 Å². The number of hydrogen-bond donors (Lipinski definition) is 0. The van der Waals surface area contributed by atoms with Crippen LogP contribution >= 0.6 is 0 Å². The smallest absolute Gasteiger partial charge is 0.416 e. The molecule has 0 saturated carbocycles. The normalized spacial score (nSPS) is 22.4. The van der Waals surface area contributed by atoms with Crippen molar-refractivity contribution in [2.45, 2.75) is 75.2 Å². The zero-order valence-corrected chi connectivity index (χ0v) is 26.7. The fourth-order valence-corrected chi connectivity index (χ4v) is 6.56. The van der Waals surface area contributed by atoms with Gasteiger partial charge in [0, 0.05) is 13.0 Å². The van der Waals surface area contributed by atoms with Gasteiger partial charge in [-0.3, -0.25) is 9.69 Å². The lowest BCUT2D eigenvalue weighted by Gasteiger charge is -2.54. The molecule has 49 heavy (non-hydrogen) atoms. The molecule has 5 rings (SSSR count). The Balaban J connectivity index is 1.54. The average molecular weight is 688 g/mol. The summed E-state index contributed by atoms with van der Waals surface area (Å²) in [7, 11) is 0. The van der Waals surface area contributed by atoms with Crippen LogP contribution in [-0.2, 0) is 38.8 Å². The number of hydrogen-bond acceptors (Lipinski definition) is 5. The number of likely N-dealkylation sites (tertiary alicyclic amines) is 2. The van der Waals surface area contributed by atoms with E-state index in [0.717, 1.165) is 0 Å². The van der Waals surface area contributed by atoms with Gasteiger partial charge in [-0.15, -0.1) is 0 Å². The molecule has 3 atom stereocenters. The molecule has 2 aliphatic rings. The number of benzene rings is 3. The molecule has 0 bridgehead atoms. The monoisotopic (exact) mass is 687 g/mol. The lowest BCUT2D eigenvalue weighted by atomic mass is 9.74. The summed E-state index contributed by atoms with van der Waals surface area (Å²) in [5.74, 6) is -0.215. The van der Waals surface area contributed by atoms with Crippen molar-refractivity contribution in [3.8, 4) is 6.07 Å². The summed E-state index contributed by atoms with van der Waals surface area (Å²) in [6, 6.07) is 21.1. The van der Waals surface area contributed by atoms with Gasteiger partial charge < -0.3 is 14.4 Å². The van der Waals surface area contributed by atoms with Gasteiger partial charge in [-0.25, -0.2) is 4.79 Å². The van der Waals surface area contributed by atoms with Gasteiger partial charge in [0.05, 0.1) is 42.0 Å². The fourth-order valence-electron chi connectivity index (χ4n) is 6.56. The number of carbonyl (C=O) groups is 2. The van der Waals surface area contributed by atoms with Crippen LogP contribution in [0.25, 0.3) is 0 Å². The third-order valence-electron chi connectivity index (χ3n) is 9.32. The summed E-state index contributed by atoms with van der Waals surface area (Å²) < 4.78 is 93.9. The van der Waals surface area contributed by atoms with Crippen LogP contribution in [0, 0.1) is 11.3 Å². The minimum absolute atomic E-state index is 0.0522. The van der Waals surface area contributed by atoms with E-state index in [4.69, 9.17) is 9.47 Å². The Bertz CT molecular complexity index is 1650. The number of ether oxygens (including phenoxy) is 2.